The van der Waals surface area contributed by atoms with Crippen molar-refractivity contribution in [3.05, 3.63) is 52.2 Å². The van der Waals surface area contributed by atoms with E-state index in [-0.39, 0.29) is 35.0 Å². The van der Waals surface area contributed by atoms with Crippen LogP contribution in [0.4, 0.5) is 0 Å². The van der Waals surface area contributed by atoms with Gasteiger partial charge in [-0.2, -0.15) is 0 Å². The highest BCUT2D eigenvalue weighted by Crippen LogP contribution is 2.14. The Labute approximate surface area is 199 Å². The second kappa shape index (κ2) is 12.6. The van der Waals surface area contributed by atoms with Crippen molar-refractivity contribution >= 4 is 51.3 Å². The van der Waals surface area contributed by atoms with E-state index < -0.39 is 10.0 Å². The van der Waals surface area contributed by atoms with E-state index in [1.165, 1.54) is 4.88 Å². The first-order valence-corrected chi connectivity index (χ1v) is 12.2. The Kier molecular flexibility index (Phi) is 10.5. The lowest BCUT2D eigenvalue weighted by Gasteiger charge is -2.12. The van der Waals surface area contributed by atoms with E-state index in [9.17, 15) is 8.42 Å². The molecule has 3 N–H and O–H groups in total. The standard InChI is InChI=1S/C20H28N4O3S2.HI/c1-2-21-20(23-15-18-6-4-12-28-18)22-13-16-7-9-19(10-8-16)29(25,26)24-14-17-5-3-11-27-17;/h4,6-10,12,17,24H,2-3,5,11,13-15H2,1H3,(H2,21,22,23);1H. The number of guanidine groups is 1. The number of aliphatic imine (C=N–C) groups is 1. The van der Waals surface area contributed by atoms with Crippen LogP contribution in [-0.2, 0) is 27.8 Å². The van der Waals surface area contributed by atoms with Crippen molar-refractivity contribution in [1.29, 1.82) is 0 Å². The summed E-state index contributed by atoms with van der Waals surface area (Å²) in [5.74, 6) is 0.732. The zero-order valence-electron chi connectivity index (χ0n) is 17.0. The largest absolute Gasteiger partial charge is 0.377 e. The molecule has 166 valence electrons. The normalized spacial score (nSPS) is 16.8. The summed E-state index contributed by atoms with van der Waals surface area (Å²) in [5, 5.41) is 8.57. The third kappa shape index (κ3) is 7.80. The molecule has 1 aromatic heterocycles. The van der Waals surface area contributed by atoms with Crippen LogP contribution in [-0.4, -0.2) is 40.2 Å². The number of benzene rings is 1. The summed E-state index contributed by atoms with van der Waals surface area (Å²) in [4.78, 5) is 6.07. The van der Waals surface area contributed by atoms with Gasteiger partial charge in [-0.15, -0.1) is 35.3 Å². The molecule has 7 nitrogen and oxygen atoms in total. The molecule has 0 aliphatic carbocycles. The number of thiophene rings is 1. The van der Waals surface area contributed by atoms with Gasteiger partial charge in [0.15, 0.2) is 5.96 Å². The van der Waals surface area contributed by atoms with Gasteiger partial charge in [0, 0.05) is 24.6 Å². The summed E-state index contributed by atoms with van der Waals surface area (Å²) in [5.41, 5.74) is 0.941. The molecule has 1 aliphatic heterocycles. The Bertz CT molecular complexity index is 881. The van der Waals surface area contributed by atoms with Crippen LogP contribution in [0.3, 0.4) is 0 Å². The average molecular weight is 565 g/mol. The number of halogens is 1. The summed E-state index contributed by atoms with van der Waals surface area (Å²) in [6.45, 7) is 4.99. The minimum Gasteiger partial charge on any atom is -0.377 e. The van der Waals surface area contributed by atoms with Gasteiger partial charge in [-0.1, -0.05) is 18.2 Å². The Hall–Kier alpha value is -1.21. The highest BCUT2D eigenvalue weighted by molar-refractivity contribution is 14.0. The molecular formula is C20H29IN4O3S2. The van der Waals surface area contributed by atoms with Crippen molar-refractivity contribution in [3.63, 3.8) is 0 Å². The number of sulfonamides is 1. The van der Waals surface area contributed by atoms with Crippen LogP contribution >= 0.6 is 35.3 Å². The maximum Gasteiger partial charge on any atom is 0.240 e. The second-order valence-electron chi connectivity index (χ2n) is 6.76. The molecule has 3 rings (SSSR count). The van der Waals surface area contributed by atoms with Gasteiger partial charge >= 0.3 is 0 Å². The molecule has 10 heteroatoms. The third-order valence-electron chi connectivity index (χ3n) is 4.53. The quantitative estimate of drug-likeness (QED) is 0.248. The molecular weight excluding hydrogens is 535 g/mol. The fourth-order valence-corrected chi connectivity index (χ4v) is 4.67. The third-order valence-corrected chi connectivity index (χ3v) is 6.85. The summed E-state index contributed by atoms with van der Waals surface area (Å²) in [7, 11) is -3.53. The zero-order chi connectivity index (χ0) is 20.5. The smallest absolute Gasteiger partial charge is 0.240 e. The van der Waals surface area contributed by atoms with Gasteiger partial charge in [0.1, 0.15) is 0 Å². The van der Waals surface area contributed by atoms with Crippen molar-refractivity contribution in [1.82, 2.24) is 15.4 Å². The van der Waals surface area contributed by atoms with Crippen molar-refractivity contribution in [2.24, 2.45) is 4.99 Å². The molecule has 1 atom stereocenters. The minimum atomic E-state index is -3.53. The van der Waals surface area contributed by atoms with E-state index in [0.29, 0.717) is 19.7 Å². The van der Waals surface area contributed by atoms with E-state index in [1.54, 1.807) is 35.6 Å². The summed E-state index contributed by atoms with van der Waals surface area (Å²) in [6, 6.07) is 10.9. The zero-order valence-corrected chi connectivity index (χ0v) is 20.9. The molecule has 2 aromatic rings. The first-order chi connectivity index (χ1) is 14.1. The average Bonchev–Trinajstić information content (AvgIpc) is 3.43. The van der Waals surface area contributed by atoms with Crippen LogP contribution < -0.4 is 15.4 Å². The van der Waals surface area contributed by atoms with Crippen LogP contribution in [0.5, 0.6) is 0 Å². The maximum absolute atomic E-state index is 12.4. The molecule has 0 saturated carbocycles. The Balaban J connectivity index is 0.00000320. The molecule has 1 saturated heterocycles. The lowest BCUT2D eigenvalue weighted by molar-refractivity contribution is 0.114. The lowest BCUT2D eigenvalue weighted by atomic mass is 10.2. The van der Waals surface area contributed by atoms with Gasteiger partial charge in [-0.05, 0) is 48.9 Å². The van der Waals surface area contributed by atoms with E-state index >= 15 is 0 Å². The molecule has 1 fully saturated rings. The first kappa shape index (κ1) is 25.1. The van der Waals surface area contributed by atoms with Gasteiger partial charge in [0.2, 0.25) is 10.0 Å². The van der Waals surface area contributed by atoms with E-state index in [2.05, 4.69) is 26.4 Å². The van der Waals surface area contributed by atoms with Crippen LogP contribution in [0.25, 0.3) is 0 Å². The van der Waals surface area contributed by atoms with Gasteiger partial charge in [-0.3, -0.25) is 0 Å². The van der Waals surface area contributed by atoms with E-state index in [1.807, 2.05) is 18.4 Å². The molecule has 0 spiro atoms. The monoisotopic (exact) mass is 564 g/mol. The number of rotatable bonds is 9. The molecule has 1 unspecified atom stereocenters. The van der Waals surface area contributed by atoms with Crippen LogP contribution in [0.2, 0.25) is 0 Å². The molecule has 1 aromatic carbocycles. The number of ether oxygens (including phenoxy) is 1. The topological polar surface area (TPSA) is 91.8 Å². The Morgan fingerprint density at radius 3 is 2.67 bits per heavy atom. The number of hydrogen-bond acceptors (Lipinski definition) is 5. The molecule has 0 radical (unpaired) electrons. The van der Waals surface area contributed by atoms with Gasteiger partial charge in [-0.25, -0.2) is 18.1 Å². The highest BCUT2D eigenvalue weighted by Gasteiger charge is 2.20. The fraction of sp³-hybridized carbons (Fsp3) is 0.450. The second-order valence-corrected chi connectivity index (χ2v) is 9.56. The number of nitrogens with one attached hydrogen (secondary N) is 3. The minimum absolute atomic E-state index is 0. The van der Waals surface area contributed by atoms with E-state index in [0.717, 1.165) is 37.5 Å². The molecule has 30 heavy (non-hydrogen) atoms. The first-order valence-electron chi connectivity index (χ1n) is 9.81. The number of hydrogen-bond donors (Lipinski definition) is 3. The lowest BCUT2D eigenvalue weighted by Crippen LogP contribution is -2.36. The Morgan fingerprint density at radius 1 is 1.23 bits per heavy atom. The summed E-state index contributed by atoms with van der Waals surface area (Å²) in [6.07, 6.45) is 1.86. The molecule has 0 amide bonds. The van der Waals surface area contributed by atoms with Crippen molar-refractivity contribution < 1.29 is 13.2 Å². The molecule has 2 heterocycles. The highest BCUT2D eigenvalue weighted by atomic mass is 127. The van der Waals surface area contributed by atoms with Crippen LogP contribution in [0.1, 0.15) is 30.2 Å². The Morgan fingerprint density at radius 2 is 2.03 bits per heavy atom. The van der Waals surface area contributed by atoms with Crippen LogP contribution in [0.15, 0.2) is 51.7 Å². The number of nitrogens with zero attached hydrogens (tertiary/aromatic N) is 1. The van der Waals surface area contributed by atoms with Crippen molar-refractivity contribution in [2.45, 2.75) is 43.9 Å². The summed E-state index contributed by atoms with van der Waals surface area (Å²) >= 11 is 1.70. The van der Waals surface area contributed by atoms with Gasteiger partial charge < -0.3 is 15.4 Å². The molecule has 1 aliphatic rings. The summed E-state index contributed by atoms with van der Waals surface area (Å²) < 4.78 is 33.0. The van der Waals surface area contributed by atoms with Crippen LogP contribution in [0, 0.1) is 0 Å². The fourth-order valence-electron chi connectivity index (χ4n) is 2.96. The predicted molar refractivity (Wildman–Crippen MR) is 132 cm³/mol. The molecule has 0 bridgehead atoms. The SMILES string of the molecule is CCNC(=NCc1ccc(S(=O)(=O)NCC2CCCO2)cc1)NCc1cccs1.I. The van der Waals surface area contributed by atoms with Gasteiger partial charge in [0.05, 0.1) is 24.1 Å². The van der Waals surface area contributed by atoms with Crippen molar-refractivity contribution in [3.8, 4) is 0 Å². The van der Waals surface area contributed by atoms with Gasteiger partial charge in [0.25, 0.3) is 0 Å². The van der Waals surface area contributed by atoms with Crippen molar-refractivity contribution in [2.75, 3.05) is 19.7 Å². The maximum atomic E-state index is 12.4. The van der Waals surface area contributed by atoms with E-state index in [4.69, 9.17) is 4.74 Å². The predicted octanol–water partition coefficient (Wildman–Crippen LogP) is 3.08.